The van der Waals surface area contributed by atoms with Crippen molar-refractivity contribution in [2.24, 2.45) is 0 Å². The highest BCUT2D eigenvalue weighted by molar-refractivity contribution is 7.45. The number of hydrogen-bond acceptors (Lipinski definition) is 6. The van der Waals surface area contributed by atoms with Crippen LogP contribution in [0, 0.1) is 0 Å². The summed E-state index contributed by atoms with van der Waals surface area (Å²) in [5.74, 6) is -0.227. The molecule has 0 fully saturated rings. The number of phosphoric acid groups is 1. The lowest BCUT2D eigenvalue weighted by atomic mass is 10.0. The number of quaternary nitrogens is 1. The van der Waals surface area contributed by atoms with Gasteiger partial charge in [-0.25, -0.2) is 0 Å². The maximum atomic E-state index is 12.8. The monoisotopic (exact) mass is 793 g/mol. The number of hydrogen-bond donors (Lipinski definition) is 2. The van der Waals surface area contributed by atoms with Crippen LogP contribution in [0.4, 0.5) is 0 Å². The summed E-state index contributed by atoms with van der Waals surface area (Å²) in [5, 5.41) is 13.7. The molecule has 0 rings (SSSR count). The highest BCUT2D eigenvalue weighted by Crippen LogP contribution is 2.38. The zero-order valence-corrected chi connectivity index (χ0v) is 37.0. The fourth-order valence-electron chi connectivity index (χ4n) is 5.95. The summed E-state index contributed by atoms with van der Waals surface area (Å²) >= 11 is 0. The number of carbonyl (C=O) groups is 1. The van der Waals surface area contributed by atoms with E-state index >= 15 is 0 Å². The highest BCUT2D eigenvalue weighted by atomic mass is 31.2. The number of amides is 1. The van der Waals surface area contributed by atoms with Crippen LogP contribution in [-0.4, -0.2) is 68.5 Å². The van der Waals surface area contributed by atoms with Gasteiger partial charge in [0.2, 0.25) is 5.91 Å². The molecule has 0 aliphatic heterocycles. The van der Waals surface area contributed by atoms with Crippen LogP contribution >= 0.6 is 7.82 Å². The van der Waals surface area contributed by atoms with E-state index in [0.717, 1.165) is 77.0 Å². The normalized spacial score (nSPS) is 15.0. The summed E-state index contributed by atoms with van der Waals surface area (Å²) in [4.78, 5) is 25.3. The number of nitrogens with one attached hydrogen (secondary N) is 1. The predicted molar refractivity (Wildman–Crippen MR) is 233 cm³/mol. The number of likely N-dealkylation sites (N-methyl/N-ethyl adjacent to an activating group) is 1. The second kappa shape index (κ2) is 37.8. The van der Waals surface area contributed by atoms with Crippen molar-refractivity contribution in [1.29, 1.82) is 0 Å². The molecule has 3 unspecified atom stereocenters. The van der Waals surface area contributed by atoms with E-state index in [-0.39, 0.29) is 12.5 Å². The SMILES string of the molecule is CC/C=C\C/C=C\C/C=C\CCCCCCCC(=O)NC(COP(=O)([O-])OCC[N+](C)(C)C)C(O)/C=C/CC/C=C/CCCCCCCCCCCCCC. The molecule has 55 heavy (non-hydrogen) atoms. The Labute approximate surface area is 339 Å². The van der Waals surface area contributed by atoms with Crippen molar-refractivity contribution in [1.82, 2.24) is 5.32 Å². The average Bonchev–Trinajstić information content (AvgIpc) is 3.13. The number of allylic oxidation sites excluding steroid dienone is 9. The first kappa shape index (κ1) is 53.2. The van der Waals surface area contributed by atoms with Crippen molar-refractivity contribution in [3.05, 3.63) is 60.8 Å². The minimum atomic E-state index is -4.60. The van der Waals surface area contributed by atoms with E-state index in [0.29, 0.717) is 17.4 Å². The molecular formula is C46H85N2O6P. The van der Waals surface area contributed by atoms with Gasteiger partial charge in [-0.05, 0) is 64.2 Å². The van der Waals surface area contributed by atoms with Crippen LogP contribution in [0.25, 0.3) is 0 Å². The van der Waals surface area contributed by atoms with Gasteiger partial charge in [-0.3, -0.25) is 9.36 Å². The Balaban J connectivity index is 4.52. The molecule has 0 radical (unpaired) electrons. The van der Waals surface area contributed by atoms with Crippen LogP contribution in [0.15, 0.2) is 60.8 Å². The van der Waals surface area contributed by atoms with E-state index in [9.17, 15) is 19.4 Å². The molecule has 0 aromatic carbocycles. The molecule has 0 aliphatic rings. The second-order valence-electron chi connectivity index (χ2n) is 16.0. The molecule has 0 aliphatic carbocycles. The van der Waals surface area contributed by atoms with Gasteiger partial charge in [-0.15, -0.1) is 0 Å². The Bertz CT molecular complexity index is 1080. The zero-order valence-electron chi connectivity index (χ0n) is 36.1. The number of nitrogens with zero attached hydrogens (tertiary/aromatic N) is 1. The first-order valence-corrected chi connectivity index (χ1v) is 23.6. The van der Waals surface area contributed by atoms with Crippen molar-refractivity contribution in [2.75, 3.05) is 40.9 Å². The van der Waals surface area contributed by atoms with Gasteiger partial charge in [-0.1, -0.05) is 164 Å². The summed E-state index contributed by atoms with van der Waals surface area (Å²) < 4.78 is 23.2. The zero-order chi connectivity index (χ0) is 40.7. The van der Waals surface area contributed by atoms with E-state index in [1.807, 2.05) is 27.2 Å². The molecule has 0 saturated carbocycles. The van der Waals surface area contributed by atoms with E-state index in [1.54, 1.807) is 6.08 Å². The van der Waals surface area contributed by atoms with Gasteiger partial charge >= 0.3 is 0 Å². The molecule has 2 N–H and O–H groups in total. The van der Waals surface area contributed by atoms with Gasteiger partial charge in [-0.2, -0.15) is 0 Å². The van der Waals surface area contributed by atoms with Gasteiger partial charge in [0.15, 0.2) is 0 Å². The Hall–Kier alpha value is -1.80. The van der Waals surface area contributed by atoms with E-state index in [4.69, 9.17) is 9.05 Å². The van der Waals surface area contributed by atoms with Crippen molar-refractivity contribution in [3.63, 3.8) is 0 Å². The standard InChI is InChI=1S/C46H85N2O6P/c1-6-8-10-12-14-16-18-20-22-23-24-26-27-29-31-33-35-37-39-45(49)44(43-54-55(51,52)53-42-41-48(3,4)5)47-46(50)40-38-36-34-32-30-28-25-21-19-17-15-13-11-9-7-2/h9,11,15,17,21,25,29,31,37,39,44-45,49H,6-8,10,12-14,16,18-20,22-24,26-28,30,32-36,38,40-43H2,1-5H3,(H-,47,50,51,52)/b11-9-,17-15-,25-21-,31-29+,39-37+. The van der Waals surface area contributed by atoms with Gasteiger partial charge < -0.3 is 28.8 Å². The fourth-order valence-corrected chi connectivity index (χ4v) is 6.67. The molecule has 0 heterocycles. The van der Waals surface area contributed by atoms with E-state index in [1.165, 1.54) is 77.0 Å². The number of unbranched alkanes of at least 4 members (excludes halogenated alkanes) is 18. The molecule has 9 heteroatoms. The van der Waals surface area contributed by atoms with Crippen molar-refractivity contribution < 1.29 is 32.9 Å². The summed E-state index contributed by atoms with van der Waals surface area (Å²) in [6.45, 7) is 4.48. The molecule has 320 valence electrons. The summed E-state index contributed by atoms with van der Waals surface area (Å²) in [6.07, 6.45) is 48.4. The molecule has 0 saturated heterocycles. The molecule has 0 aromatic heterocycles. The number of aliphatic hydroxyl groups excluding tert-OH is 1. The largest absolute Gasteiger partial charge is 0.756 e. The minimum absolute atomic E-state index is 0.0125. The van der Waals surface area contributed by atoms with Crippen LogP contribution in [0.5, 0.6) is 0 Å². The van der Waals surface area contributed by atoms with Gasteiger partial charge in [0.1, 0.15) is 13.2 Å². The van der Waals surface area contributed by atoms with E-state index in [2.05, 4.69) is 67.8 Å². The van der Waals surface area contributed by atoms with Gasteiger partial charge in [0.25, 0.3) is 7.82 Å². The smallest absolute Gasteiger partial charge is 0.268 e. The molecule has 0 aromatic rings. The van der Waals surface area contributed by atoms with Crippen LogP contribution < -0.4 is 10.2 Å². The lowest BCUT2D eigenvalue weighted by molar-refractivity contribution is -0.870. The van der Waals surface area contributed by atoms with Crippen LogP contribution in [-0.2, 0) is 18.4 Å². The number of rotatable bonds is 39. The quantitative estimate of drug-likeness (QED) is 0.0278. The molecule has 0 bridgehead atoms. The van der Waals surface area contributed by atoms with Gasteiger partial charge in [0.05, 0.1) is 39.9 Å². The maximum Gasteiger partial charge on any atom is 0.268 e. The summed E-state index contributed by atoms with van der Waals surface area (Å²) in [6, 6.07) is -0.913. The van der Waals surface area contributed by atoms with E-state index < -0.39 is 26.6 Å². The Kier molecular flexibility index (Phi) is 36.5. The molecular weight excluding hydrogens is 707 g/mol. The van der Waals surface area contributed by atoms with Crippen LogP contribution in [0.3, 0.4) is 0 Å². The number of phosphoric ester groups is 1. The first-order valence-electron chi connectivity index (χ1n) is 22.2. The number of aliphatic hydroxyl groups is 1. The van der Waals surface area contributed by atoms with Crippen LogP contribution in [0.2, 0.25) is 0 Å². The average molecular weight is 793 g/mol. The third-order valence-electron chi connectivity index (χ3n) is 9.46. The topological polar surface area (TPSA) is 108 Å². The van der Waals surface area contributed by atoms with Crippen LogP contribution in [0.1, 0.15) is 174 Å². The lowest BCUT2D eigenvalue weighted by Crippen LogP contribution is -2.45. The summed E-state index contributed by atoms with van der Waals surface area (Å²) in [5.41, 5.74) is 0. The molecule has 8 nitrogen and oxygen atoms in total. The third-order valence-corrected chi connectivity index (χ3v) is 10.4. The third kappa shape index (κ3) is 40.2. The predicted octanol–water partition coefficient (Wildman–Crippen LogP) is 11.6. The Morgan fingerprint density at radius 1 is 0.655 bits per heavy atom. The molecule has 1 amide bonds. The lowest BCUT2D eigenvalue weighted by Gasteiger charge is -2.29. The van der Waals surface area contributed by atoms with Gasteiger partial charge in [0, 0.05) is 6.42 Å². The van der Waals surface area contributed by atoms with Crippen molar-refractivity contribution >= 4 is 13.7 Å². The minimum Gasteiger partial charge on any atom is -0.756 e. The summed E-state index contributed by atoms with van der Waals surface area (Å²) in [7, 11) is 1.22. The van der Waals surface area contributed by atoms with Crippen molar-refractivity contribution in [3.8, 4) is 0 Å². The highest BCUT2D eigenvalue weighted by Gasteiger charge is 2.23. The first-order chi connectivity index (χ1) is 26.5. The Morgan fingerprint density at radius 2 is 1.13 bits per heavy atom. The molecule has 3 atom stereocenters. The molecule has 0 spiro atoms. The second-order valence-corrected chi connectivity index (χ2v) is 17.4. The Morgan fingerprint density at radius 3 is 1.69 bits per heavy atom. The maximum absolute atomic E-state index is 12.8. The number of carbonyl (C=O) groups excluding carboxylic acids is 1. The fraction of sp³-hybridized carbons (Fsp3) is 0.761. The van der Waals surface area contributed by atoms with Crippen molar-refractivity contribution in [2.45, 2.75) is 187 Å².